The summed E-state index contributed by atoms with van der Waals surface area (Å²) < 4.78 is 5.48. The van der Waals surface area contributed by atoms with Gasteiger partial charge in [-0.15, -0.1) is 0 Å². The number of hydrogen-bond acceptors (Lipinski definition) is 4. The van der Waals surface area contributed by atoms with E-state index >= 15 is 0 Å². The molecule has 3 rings (SSSR count). The maximum Gasteiger partial charge on any atom is 0.273 e. The first-order valence-corrected chi connectivity index (χ1v) is 8.25. The number of aryl methyl sites for hydroxylation is 1. The zero-order chi connectivity index (χ0) is 17.8. The molecule has 2 aromatic carbocycles. The van der Waals surface area contributed by atoms with Crippen LogP contribution in [0.3, 0.4) is 0 Å². The van der Waals surface area contributed by atoms with Crippen LogP contribution >= 0.6 is 0 Å². The van der Waals surface area contributed by atoms with E-state index in [2.05, 4.69) is 0 Å². The molecule has 2 aromatic rings. The first kappa shape index (κ1) is 17.0. The number of amides is 1. The highest BCUT2D eigenvalue weighted by molar-refractivity contribution is 5.78. The number of carbonyl (C=O) groups excluding carboxylic acids is 1. The van der Waals surface area contributed by atoms with Gasteiger partial charge >= 0.3 is 0 Å². The van der Waals surface area contributed by atoms with E-state index in [-0.39, 0.29) is 24.2 Å². The van der Waals surface area contributed by atoms with Gasteiger partial charge in [-0.25, -0.2) is 0 Å². The number of non-ortho nitro benzene ring substituents is 1. The lowest BCUT2D eigenvalue weighted by Gasteiger charge is -2.22. The zero-order valence-electron chi connectivity index (χ0n) is 14.1. The van der Waals surface area contributed by atoms with Crippen molar-refractivity contribution in [1.29, 1.82) is 0 Å². The summed E-state index contributed by atoms with van der Waals surface area (Å²) in [6, 6.07) is 14.3. The van der Waals surface area contributed by atoms with Gasteiger partial charge in [0.05, 0.1) is 11.0 Å². The van der Waals surface area contributed by atoms with E-state index in [1.807, 2.05) is 36.1 Å². The molecule has 130 valence electrons. The van der Waals surface area contributed by atoms with Crippen molar-refractivity contribution in [3.05, 3.63) is 69.8 Å². The number of nitrogens with zero attached hydrogens (tertiary/aromatic N) is 2. The first-order chi connectivity index (χ1) is 12.0. The number of carbonyl (C=O) groups is 1. The highest BCUT2D eigenvalue weighted by Gasteiger charge is 2.32. The SMILES string of the molecule is Cc1ccc(CN(C(=O)COc2cccc([N+](=O)[O-])c2)C2CC2)cc1. The molecule has 6 nitrogen and oxygen atoms in total. The van der Waals surface area contributed by atoms with Crippen LogP contribution < -0.4 is 4.74 Å². The Hall–Kier alpha value is -2.89. The van der Waals surface area contributed by atoms with E-state index < -0.39 is 4.92 Å². The predicted molar refractivity (Wildman–Crippen MR) is 93.3 cm³/mol. The second kappa shape index (κ2) is 7.34. The Morgan fingerprint density at radius 3 is 2.60 bits per heavy atom. The van der Waals surface area contributed by atoms with E-state index in [1.54, 1.807) is 12.1 Å². The number of nitro benzene ring substituents is 1. The van der Waals surface area contributed by atoms with Gasteiger partial charge in [-0.1, -0.05) is 35.9 Å². The van der Waals surface area contributed by atoms with Crippen molar-refractivity contribution in [2.45, 2.75) is 32.4 Å². The summed E-state index contributed by atoms with van der Waals surface area (Å²) in [5.41, 5.74) is 2.21. The van der Waals surface area contributed by atoms with Crippen molar-refractivity contribution in [3.8, 4) is 5.75 Å². The molecule has 0 spiro atoms. The van der Waals surface area contributed by atoms with Crippen LogP contribution in [0.2, 0.25) is 0 Å². The van der Waals surface area contributed by atoms with Crippen molar-refractivity contribution < 1.29 is 14.5 Å². The highest BCUT2D eigenvalue weighted by Crippen LogP contribution is 2.29. The van der Waals surface area contributed by atoms with Crippen LogP contribution in [0.5, 0.6) is 5.75 Å². The van der Waals surface area contributed by atoms with E-state index in [0.29, 0.717) is 12.3 Å². The lowest BCUT2D eigenvalue weighted by Crippen LogP contribution is -2.36. The van der Waals surface area contributed by atoms with E-state index in [1.165, 1.54) is 17.7 Å². The van der Waals surface area contributed by atoms with Crippen molar-refractivity contribution >= 4 is 11.6 Å². The molecular weight excluding hydrogens is 320 g/mol. The molecule has 0 aromatic heterocycles. The summed E-state index contributed by atoms with van der Waals surface area (Å²) in [4.78, 5) is 24.7. The summed E-state index contributed by atoms with van der Waals surface area (Å²) in [7, 11) is 0. The molecule has 1 amide bonds. The fourth-order valence-corrected chi connectivity index (χ4v) is 2.61. The molecule has 0 radical (unpaired) electrons. The minimum Gasteiger partial charge on any atom is -0.484 e. The Labute approximate surface area is 146 Å². The van der Waals surface area contributed by atoms with Gasteiger partial charge in [-0.2, -0.15) is 0 Å². The minimum absolute atomic E-state index is 0.0522. The Morgan fingerprint density at radius 1 is 1.24 bits per heavy atom. The maximum absolute atomic E-state index is 12.6. The molecular formula is C19H20N2O4. The van der Waals surface area contributed by atoms with Gasteiger partial charge in [0.25, 0.3) is 11.6 Å². The molecule has 6 heteroatoms. The van der Waals surface area contributed by atoms with Gasteiger partial charge in [-0.3, -0.25) is 14.9 Å². The predicted octanol–water partition coefficient (Wildman–Crippen LogP) is 3.47. The minimum atomic E-state index is -0.484. The number of ether oxygens (including phenoxy) is 1. The second-order valence-electron chi connectivity index (χ2n) is 6.28. The number of benzene rings is 2. The molecule has 1 fully saturated rings. The van der Waals surface area contributed by atoms with Gasteiger partial charge in [-0.05, 0) is 31.4 Å². The highest BCUT2D eigenvalue weighted by atomic mass is 16.6. The van der Waals surface area contributed by atoms with Crippen molar-refractivity contribution in [1.82, 2.24) is 4.90 Å². The summed E-state index contributed by atoms with van der Waals surface area (Å²) >= 11 is 0. The van der Waals surface area contributed by atoms with E-state index in [9.17, 15) is 14.9 Å². The molecule has 0 heterocycles. The van der Waals surface area contributed by atoms with Crippen LogP contribution in [-0.4, -0.2) is 28.4 Å². The smallest absolute Gasteiger partial charge is 0.273 e. The molecule has 0 saturated heterocycles. The standard InChI is InChI=1S/C19H20N2O4/c1-14-5-7-15(8-6-14)12-20(16-9-10-16)19(22)13-25-18-4-2-3-17(11-18)21(23)24/h2-8,11,16H,9-10,12-13H2,1H3. The summed E-state index contributed by atoms with van der Waals surface area (Å²) in [6.07, 6.45) is 2.02. The quantitative estimate of drug-likeness (QED) is 0.571. The Bertz CT molecular complexity index is 769. The van der Waals surface area contributed by atoms with Crippen molar-refractivity contribution in [3.63, 3.8) is 0 Å². The molecule has 25 heavy (non-hydrogen) atoms. The van der Waals surface area contributed by atoms with Crippen LogP contribution in [0.15, 0.2) is 48.5 Å². The van der Waals surface area contributed by atoms with Crippen LogP contribution in [0.4, 0.5) is 5.69 Å². The number of rotatable bonds is 7. The van der Waals surface area contributed by atoms with Gasteiger partial charge in [0.2, 0.25) is 0 Å². The van der Waals surface area contributed by atoms with Crippen molar-refractivity contribution in [2.24, 2.45) is 0 Å². The average Bonchev–Trinajstić information content (AvgIpc) is 3.44. The zero-order valence-corrected chi connectivity index (χ0v) is 14.1. The fourth-order valence-electron chi connectivity index (χ4n) is 2.61. The molecule has 1 aliphatic carbocycles. The van der Waals surface area contributed by atoms with Crippen LogP contribution in [0.25, 0.3) is 0 Å². The number of nitro groups is 1. The molecule has 0 N–H and O–H groups in total. The Kier molecular flexibility index (Phi) is 4.97. The van der Waals surface area contributed by atoms with E-state index in [4.69, 9.17) is 4.74 Å². The van der Waals surface area contributed by atoms with Crippen LogP contribution in [0, 0.1) is 17.0 Å². The third-order valence-corrected chi connectivity index (χ3v) is 4.17. The third-order valence-electron chi connectivity index (χ3n) is 4.17. The molecule has 0 aliphatic heterocycles. The molecule has 0 atom stereocenters. The van der Waals surface area contributed by atoms with Gasteiger partial charge < -0.3 is 9.64 Å². The maximum atomic E-state index is 12.6. The van der Waals surface area contributed by atoms with Gasteiger partial charge in [0.15, 0.2) is 6.61 Å². The molecule has 1 aliphatic rings. The topological polar surface area (TPSA) is 72.7 Å². The second-order valence-corrected chi connectivity index (χ2v) is 6.28. The Morgan fingerprint density at radius 2 is 1.96 bits per heavy atom. The van der Waals surface area contributed by atoms with Crippen LogP contribution in [-0.2, 0) is 11.3 Å². The lowest BCUT2D eigenvalue weighted by molar-refractivity contribution is -0.384. The fraction of sp³-hybridized carbons (Fsp3) is 0.316. The van der Waals surface area contributed by atoms with Gasteiger partial charge in [0, 0.05) is 18.7 Å². The lowest BCUT2D eigenvalue weighted by atomic mass is 10.1. The largest absolute Gasteiger partial charge is 0.484 e. The van der Waals surface area contributed by atoms with Crippen LogP contribution in [0.1, 0.15) is 24.0 Å². The summed E-state index contributed by atoms with van der Waals surface area (Å²) in [5, 5.41) is 10.8. The third kappa shape index (κ3) is 4.56. The average molecular weight is 340 g/mol. The molecule has 1 saturated carbocycles. The molecule has 0 unspecified atom stereocenters. The summed E-state index contributed by atoms with van der Waals surface area (Å²) in [6.45, 7) is 2.46. The summed E-state index contributed by atoms with van der Waals surface area (Å²) in [5.74, 6) is 0.225. The Balaban J connectivity index is 1.62. The van der Waals surface area contributed by atoms with Crippen molar-refractivity contribution in [2.75, 3.05) is 6.61 Å². The number of hydrogen-bond donors (Lipinski definition) is 0. The monoisotopic (exact) mass is 340 g/mol. The normalized spacial score (nSPS) is 13.3. The van der Waals surface area contributed by atoms with Gasteiger partial charge in [0.1, 0.15) is 5.75 Å². The van der Waals surface area contributed by atoms with E-state index in [0.717, 1.165) is 18.4 Å². The molecule has 0 bridgehead atoms. The first-order valence-electron chi connectivity index (χ1n) is 8.25.